The first-order chi connectivity index (χ1) is 8.88. The molecule has 0 saturated carbocycles. The molecule has 0 aliphatic carbocycles. The fourth-order valence-electron chi connectivity index (χ4n) is 2.77. The average molecular weight is 269 g/mol. The summed E-state index contributed by atoms with van der Waals surface area (Å²) in [5.74, 6) is 0.958. The smallest absolute Gasteiger partial charge is 0.236 e. The molecule has 1 N–H and O–H groups in total. The van der Waals surface area contributed by atoms with E-state index in [4.69, 9.17) is 0 Å². The van der Waals surface area contributed by atoms with Gasteiger partial charge in [-0.25, -0.2) is 0 Å². The normalized spacial score (nSPS) is 19.7. The highest BCUT2D eigenvalue weighted by atomic mass is 16.2. The number of carbonyl (C=O) groups is 1. The molecule has 1 aliphatic rings. The number of carbonyl (C=O) groups excluding carboxylic acids is 1. The lowest BCUT2D eigenvalue weighted by Crippen LogP contribution is -2.47. The van der Waals surface area contributed by atoms with Crippen molar-refractivity contribution in [2.24, 2.45) is 5.92 Å². The Hall–Kier alpha value is -0.610. The topological polar surface area (TPSA) is 35.6 Å². The number of likely N-dealkylation sites (N-methyl/N-ethyl adjacent to an activating group) is 1. The van der Waals surface area contributed by atoms with Gasteiger partial charge in [0.25, 0.3) is 0 Å². The van der Waals surface area contributed by atoms with Gasteiger partial charge < -0.3 is 10.2 Å². The van der Waals surface area contributed by atoms with Gasteiger partial charge in [0.1, 0.15) is 0 Å². The van der Waals surface area contributed by atoms with Gasteiger partial charge in [-0.05, 0) is 32.1 Å². The molecular weight excluding hydrogens is 238 g/mol. The van der Waals surface area contributed by atoms with E-state index in [1.54, 1.807) is 4.90 Å². The summed E-state index contributed by atoms with van der Waals surface area (Å²) in [7, 11) is 3.65. The van der Waals surface area contributed by atoms with Crippen molar-refractivity contribution in [2.75, 3.05) is 33.7 Å². The quantitative estimate of drug-likeness (QED) is 0.795. The Kier molecular flexibility index (Phi) is 6.80. The molecule has 1 saturated heterocycles. The fourth-order valence-corrected chi connectivity index (χ4v) is 2.77. The molecule has 0 bridgehead atoms. The van der Waals surface area contributed by atoms with E-state index in [-0.39, 0.29) is 5.91 Å². The number of hydrogen-bond donors (Lipinski definition) is 1. The molecule has 0 radical (unpaired) electrons. The zero-order valence-corrected chi connectivity index (χ0v) is 13.3. The largest absolute Gasteiger partial charge is 0.348 e. The summed E-state index contributed by atoms with van der Waals surface area (Å²) in [6.45, 7) is 9.46. The predicted octanol–water partition coefficient (Wildman–Crippen LogP) is 1.56. The van der Waals surface area contributed by atoms with Crippen molar-refractivity contribution >= 4 is 5.91 Å². The molecular formula is C15H31N3O. The number of piperidine rings is 1. The third kappa shape index (κ3) is 6.39. The van der Waals surface area contributed by atoms with Crippen LogP contribution in [0.25, 0.3) is 0 Å². The summed E-state index contributed by atoms with van der Waals surface area (Å²) in [5.41, 5.74) is 0. The van der Waals surface area contributed by atoms with Crippen LogP contribution >= 0.6 is 0 Å². The average Bonchev–Trinajstić information content (AvgIpc) is 2.30. The van der Waals surface area contributed by atoms with E-state index in [1.807, 2.05) is 14.1 Å². The van der Waals surface area contributed by atoms with Gasteiger partial charge in [-0.1, -0.05) is 13.8 Å². The standard InChI is InChI=1S/C15H31N3O/c1-12(2)10-13(3)16-14-6-8-18(9-7-14)11-15(19)17(4)5/h12-14,16H,6-11H2,1-5H3. The number of rotatable bonds is 6. The lowest BCUT2D eigenvalue weighted by molar-refractivity contribution is -0.130. The molecule has 1 heterocycles. The highest BCUT2D eigenvalue weighted by Gasteiger charge is 2.22. The Balaban J connectivity index is 2.23. The van der Waals surface area contributed by atoms with Crippen molar-refractivity contribution in [2.45, 2.75) is 52.1 Å². The second-order valence-corrected chi connectivity index (χ2v) is 6.54. The first-order valence-corrected chi connectivity index (χ1v) is 7.57. The van der Waals surface area contributed by atoms with Crippen LogP contribution in [-0.4, -0.2) is 61.5 Å². The van der Waals surface area contributed by atoms with E-state index in [0.29, 0.717) is 18.6 Å². The van der Waals surface area contributed by atoms with Crippen LogP contribution in [0.4, 0.5) is 0 Å². The van der Waals surface area contributed by atoms with E-state index >= 15 is 0 Å². The van der Waals surface area contributed by atoms with Crippen LogP contribution in [-0.2, 0) is 4.79 Å². The zero-order valence-electron chi connectivity index (χ0n) is 13.3. The molecule has 1 atom stereocenters. The lowest BCUT2D eigenvalue weighted by Gasteiger charge is -2.34. The molecule has 19 heavy (non-hydrogen) atoms. The third-order valence-corrected chi connectivity index (χ3v) is 3.79. The van der Waals surface area contributed by atoms with Gasteiger partial charge in [0, 0.05) is 39.3 Å². The van der Waals surface area contributed by atoms with Gasteiger partial charge in [0.2, 0.25) is 5.91 Å². The van der Waals surface area contributed by atoms with Crippen LogP contribution in [0.1, 0.15) is 40.0 Å². The summed E-state index contributed by atoms with van der Waals surface area (Å²) in [5, 5.41) is 3.72. The van der Waals surface area contributed by atoms with Crippen molar-refractivity contribution in [1.29, 1.82) is 0 Å². The van der Waals surface area contributed by atoms with Crippen molar-refractivity contribution in [3.8, 4) is 0 Å². The molecule has 1 amide bonds. The number of nitrogens with one attached hydrogen (secondary N) is 1. The Morgan fingerprint density at radius 2 is 1.84 bits per heavy atom. The summed E-state index contributed by atoms with van der Waals surface area (Å²) >= 11 is 0. The molecule has 1 aliphatic heterocycles. The Morgan fingerprint density at radius 1 is 1.26 bits per heavy atom. The van der Waals surface area contributed by atoms with Crippen LogP contribution in [0.15, 0.2) is 0 Å². The van der Waals surface area contributed by atoms with Gasteiger partial charge in [0.15, 0.2) is 0 Å². The molecule has 0 spiro atoms. The van der Waals surface area contributed by atoms with E-state index in [2.05, 4.69) is 31.0 Å². The summed E-state index contributed by atoms with van der Waals surface area (Å²) < 4.78 is 0. The molecule has 112 valence electrons. The van der Waals surface area contributed by atoms with Gasteiger partial charge in [0.05, 0.1) is 6.54 Å². The SMILES string of the molecule is CC(C)CC(C)NC1CCN(CC(=O)N(C)C)CC1. The number of nitrogens with zero attached hydrogens (tertiary/aromatic N) is 2. The van der Waals surface area contributed by atoms with E-state index in [0.717, 1.165) is 31.8 Å². The monoisotopic (exact) mass is 269 g/mol. The fraction of sp³-hybridized carbons (Fsp3) is 0.933. The van der Waals surface area contributed by atoms with Crippen molar-refractivity contribution < 1.29 is 4.79 Å². The second kappa shape index (κ2) is 7.85. The van der Waals surface area contributed by atoms with Crippen molar-refractivity contribution in [3.05, 3.63) is 0 Å². The maximum Gasteiger partial charge on any atom is 0.236 e. The first kappa shape index (κ1) is 16.4. The third-order valence-electron chi connectivity index (χ3n) is 3.79. The zero-order chi connectivity index (χ0) is 14.4. The van der Waals surface area contributed by atoms with E-state index in [1.165, 1.54) is 6.42 Å². The van der Waals surface area contributed by atoms with Gasteiger partial charge in [-0.3, -0.25) is 9.69 Å². The Labute approximate surface area is 118 Å². The van der Waals surface area contributed by atoms with Crippen LogP contribution in [0, 0.1) is 5.92 Å². The second-order valence-electron chi connectivity index (χ2n) is 6.54. The summed E-state index contributed by atoms with van der Waals surface area (Å²) in [6, 6.07) is 1.22. The molecule has 1 fully saturated rings. The Bertz CT molecular complexity index is 271. The highest BCUT2D eigenvalue weighted by molar-refractivity contribution is 5.77. The van der Waals surface area contributed by atoms with Crippen LogP contribution in [0.2, 0.25) is 0 Å². The van der Waals surface area contributed by atoms with Crippen LogP contribution < -0.4 is 5.32 Å². The minimum absolute atomic E-state index is 0.208. The number of likely N-dealkylation sites (tertiary alicyclic amines) is 1. The van der Waals surface area contributed by atoms with E-state index in [9.17, 15) is 4.79 Å². The van der Waals surface area contributed by atoms with Crippen LogP contribution in [0.5, 0.6) is 0 Å². The Morgan fingerprint density at radius 3 is 2.32 bits per heavy atom. The molecule has 0 aromatic rings. The lowest BCUT2D eigenvalue weighted by atomic mass is 10.0. The number of hydrogen-bond acceptors (Lipinski definition) is 3. The minimum Gasteiger partial charge on any atom is -0.348 e. The van der Waals surface area contributed by atoms with Crippen LogP contribution in [0.3, 0.4) is 0 Å². The van der Waals surface area contributed by atoms with Crippen molar-refractivity contribution in [1.82, 2.24) is 15.1 Å². The first-order valence-electron chi connectivity index (χ1n) is 7.57. The molecule has 0 aromatic carbocycles. The van der Waals surface area contributed by atoms with Crippen molar-refractivity contribution in [3.63, 3.8) is 0 Å². The maximum atomic E-state index is 11.7. The van der Waals surface area contributed by atoms with Gasteiger partial charge in [-0.15, -0.1) is 0 Å². The molecule has 4 heteroatoms. The van der Waals surface area contributed by atoms with E-state index < -0.39 is 0 Å². The summed E-state index contributed by atoms with van der Waals surface area (Å²) in [4.78, 5) is 15.6. The molecule has 0 aromatic heterocycles. The maximum absolute atomic E-state index is 11.7. The minimum atomic E-state index is 0.208. The van der Waals surface area contributed by atoms with Gasteiger partial charge in [-0.2, -0.15) is 0 Å². The predicted molar refractivity (Wildman–Crippen MR) is 80.2 cm³/mol. The number of amides is 1. The molecule has 1 unspecified atom stereocenters. The molecule has 4 nitrogen and oxygen atoms in total. The van der Waals surface area contributed by atoms with Gasteiger partial charge >= 0.3 is 0 Å². The highest BCUT2D eigenvalue weighted by Crippen LogP contribution is 2.13. The summed E-state index contributed by atoms with van der Waals surface area (Å²) in [6.07, 6.45) is 3.55. The molecule has 1 rings (SSSR count).